The Morgan fingerprint density at radius 3 is 2.84 bits per heavy atom. The molecule has 6 heteroatoms. The van der Waals surface area contributed by atoms with Crippen LogP contribution in [0.1, 0.15) is 39.0 Å². The fourth-order valence-electron chi connectivity index (χ4n) is 2.57. The molecule has 1 aliphatic heterocycles. The van der Waals surface area contributed by atoms with Crippen molar-refractivity contribution in [1.29, 1.82) is 0 Å². The standard InChI is InChI=1S/C13H23N5O/c1-4-7-10-8-5-6-9-18(10)12-15-11(14-2)16-13(17-12)19-3/h10H,4-9H2,1-3H3,(H,14,15,16,17). The van der Waals surface area contributed by atoms with Crippen LogP contribution in [0, 0.1) is 0 Å². The van der Waals surface area contributed by atoms with Crippen molar-refractivity contribution in [2.75, 3.05) is 30.9 Å². The zero-order valence-corrected chi connectivity index (χ0v) is 12.0. The maximum absolute atomic E-state index is 5.15. The van der Waals surface area contributed by atoms with Gasteiger partial charge >= 0.3 is 6.01 Å². The highest BCUT2D eigenvalue weighted by molar-refractivity contribution is 5.39. The molecule has 1 fully saturated rings. The molecule has 1 unspecified atom stereocenters. The van der Waals surface area contributed by atoms with E-state index in [1.54, 1.807) is 14.2 Å². The maximum Gasteiger partial charge on any atom is 0.322 e. The van der Waals surface area contributed by atoms with Gasteiger partial charge in [-0.3, -0.25) is 0 Å². The zero-order valence-electron chi connectivity index (χ0n) is 12.0. The lowest BCUT2D eigenvalue weighted by molar-refractivity contribution is 0.374. The average Bonchev–Trinajstić information content (AvgIpc) is 2.47. The van der Waals surface area contributed by atoms with Crippen LogP contribution in [0.5, 0.6) is 6.01 Å². The van der Waals surface area contributed by atoms with Crippen LogP contribution in [0.25, 0.3) is 0 Å². The Morgan fingerprint density at radius 2 is 2.16 bits per heavy atom. The Morgan fingerprint density at radius 1 is 1.32 bits per heavy atom. The lowest BCUT2D eigenvalue weighted by Gasteiger charge is -2.35. The van der Waals surface area contributed by atoms with Crippen molar-refractivity contribution in [2.24, 2.45) is 0 Å². The van der Waals surface area contributed by atoms with E-state index in [0.29, 0.717) is 18.0 Å². The minimum Gasteiger partial charge on any atom is -0.467 e. The summed E-state index contributed by atoms with van der Waals surface area (Å²) >= 11 is 0. The first kappa shape index (κ1) is 13.8. The molecule has 6 nitrogen and oxygen atoms in total. The number of rotatable bonds is 5. The number of nitrogens with one attached hydrogen (secondary N) is 1. The quantitative estimate of drug-likeness (QED) is 0.879. The van der Waals surface area contributed by atoms with Crippen LogP contribution >= 0.6 is 0 Å². The van der Waals surface area contributed by atoms with Gasteiger partial charge in [0, 0.05) is 19.6 Å². The van der Waals surface area contributed by atoms with Crippen molar-refractivity contribution >= 4 is 11.9 Å². The van der Waals surface area contributed by atoms with E-state index in [1.165, 1.54) is 32.1 Å². The largest absolute Gasteiger partial charge is 0.467 e. The van der Waals surface area contributed by atoms with Gasteiger partial charge in [-0.05, 0) is 25.7 Å². The number of methoxy groups -OCH3 is 1. The molecule has 1 aromatic heterocycles. The summed E-state index contributed by atoms with van der Waals surface area (Å²) in [5.41, 5.74) is 0. The smallest absolute Gasteiger partial charge is 0.322 e. The van der Waals surface area contributed by atoms with Gasteiger partial charge in [-0.1, -0.05) is 13.3 Å². The predicted octanol–water partition coefficient (Wildman–Crippen LogP) is 2.08. The first-order valence-corrected chi connectivity index (χ1v) is 7.03. The molecular formula is C13H23N5O. The molecule has 19 heavy (non-hydrogen) atoms. The minimum atomic E-state index is 0.371. The van der Waals surface area contributed by atoms with Crippen LogP contribution in [-0.2, 0) is 0 Å². The Balaban J connectivity index is 2.26. The van der Waals surface area contributed by atoms with Gasteiger partial charge in [-0.15, -0.1) is 0 Å². The minimum absolute atomic E-state index is 0.371. The van der Waals surface area contributed by atoms with E-state index < -0.39 is 0 Å². The third-order valence-electron chi connectivity index (χ3n) is 3.52. The SMILES string of the molecule is CCCC1CCCCN1c1nc(NC)nc(OC)n1. The van der Waals surface area contributed by atoms with E-state index in [4.69, 9.17) is 4.74 Å². The third-order valence-corrected chi connectivity index (χ3v) is 3.52. The summed E-state index contributed by atoms with van der Waals surface area (Å²) in [6.07, 6.45) is 6.08. The highest BCUT2D eigenvalue weighted by Gasteiger charge is 2.25. The van der Waals surface area contributed by atoms with Gasteiger partial charge < -0.3 is 15.0 Å². The normalized spacial score (nSPS) is 19.3. The molecule has 0 spiro atoms. The summed E-state index contributed by atoms with van der Waals surface area (Å²) in [6.45, 7) is 3.24. The van der Waals surface area contributed by atoms with Crippen LogP contribution in [0.2, 0.25) is 0 Å². The number of ether oxygens (including phenoxy) is 1. The summed E-state index contributed by atoms with van der Waals surface area (Å²) in [5.74, 6) is 1.29. The second kappa shape index (κ2) is 6.54. The molecule has 1 N–H and O–H groups in total. The van der Waals surface area contributed by atoms with Crippen molar-refractivity contribution in [3.8, 4) is 6.01 Å². The fourth-order valence-corrected chi connectivity index (χ4v) is 2.57. The molecule has 1 aromatic rings. The molecule has 106 valence electrons. The molecule has 0 amide bonds. The van der Waals surface area contributed by atoms with Gasteiger partial charge in [0.15, 0.2) is 0 Å². The van der Waals surface area contributed by atoms with Crippen LogP contribution in [0.3, 0.4) is 0 Å². The number of aromatic nitrogens is 3. The molecule has 1 atom stereocenters. The topological polar surface area (TPSA) is 63.2 Å². The molecule has 0 saturated carbocycles. The summed E-state index contributed by atoms with van der Waals surface area (Å²) in [4.78, 5) is 15.3. The predicted molar refractivity (Wildman–Crippen MR) is 75.8 cm³/mol. The number of piperidine rings is 1. The molecule has 1 aliphatic rings. The average molecular weight is 265 g/mol. The van der Waals surface area contributed by atoms with E-state index in [1.807, 2.05) is 0 Å². The van der Waals surface area contributed by atoms with Crippen molar-refractivity contribution in [1.82, 2.24) is 15.0 Å². The summed E-state index contributed by atoms with van der Waals surface area (Å²) in [6, 6.07) is 0.908. The molecule has 2 heterocycles. The first-order valence-electron chi connectivity index (χ1n) is 7.03. The van der Waals surface area contributed by atoms with Gasteiger partial charge in [0.1, 0.15) is 0 Å². The Hall–Kier alpha value is -1.59. The second-order valence-electron chi connectivity index (χ2n) is 4.83. The molecule has 1 saturated heterocycles. The van der Waals surface area contributed by atoms with E-state index in [9.17, 15) is 0 Å². The number of anilines is 2. The first-order chi connectivity index (χ1) is 9.28. The van der Waals surface area contributed by atoms with Crippen LogP contribution in [0.4, 0.5) is 11.9 Å². The van der Waals surface area contributed by atoms with Gasteiger partial charge in [-0.2, -0.15) is 15.0 Å². The van der Waals surface area contributed by atoms with Crippen molar-refractivity contribution < 1.29 is 4.74 Å². The van der Waals surface area contributed by atoms with E-state index in [2.05, 4.69) is 32.1 Å². The zero-order chi connectivity index (χ0) is 13.7. The fraction of sp³-hybridized carbons (Fsp3) is 0.769. The molecule has 0 radical (unpaired) electrons. The number of nitrogens with zero attached hydrogens (tertiary/aromatic N) is 4. The number of hydrogen-bond acceptors (Lipinski definition) is 6. The highest BCUT2D eigenvalue weighted by Crippen LogP contribution is 2.26. The summed E-state index contributed by atoms with van der Waals surface area (Å²) in [5, 5.41) is 2.96. The van der Waals surface area contributed by atoms with Crippen molar-refractivity contribution in [2.45, 2.75) is 45.1 Å². The van der Waals surface area contributed by atoms with Gasteiger partial charge in [0.05, 0.1) is 7.11 Å². The maximum atomic E-state index is 5.15. The van der Waals surface area contributed by atoms with E-state index in [0.717, 1.165) is 12.5 Å². The van der Waals surface area contributed by atoms with Crippen molar-refractivity contribution in [3.63, 3.8) is 0 Å². The van der Waals surface area contributed by atoms with E-state index in [-0.39, 0.29) is 0 Å². The van der Waals surface area contributed by atoms with Gasteiger partial charge in [0.25, 0.3) is 0 Å². The lowest BCUT2D eigenvalue weighted by Crippen LogP contribution is -2.40. The second-order valence-corrected chi connectivity index (χ2v) is 4.83. The molecule has 0 aromatic carbocycles. The van der Waals surface area contributed by atoms with Crippen LogP contribution < -0.4 is 15.0 Å². The molecule has 2 rings (SSSR count). The highest BCUT2D eigenvalue weighted by atomic mass is 16.5. The Bertz CT molecular complexity index is 388. The Labute approximate surface area is 114 Å². The molecular weight excluding hydrogens is 242 g/mol. The van der Waals surface area contributed by atoms with E-state index >= 15 is 0 Å². The molecule has 0 bridgehead atoms. The lowest BCUT2D eigenvalue weighted by atomic mass is 9.99. The summed E-state index contributed by atoms with van der Waals surface area (Å²) in [7, 11) is 3.39. The van der Waals surface area contributed by atoms with Gasteiger partial charge in [-0.25, -0.2) is 0 Å². The van der Waals surface area contributed by atoms with Crippen LogP contribution in [-0.4, -0.2) is 41.7 Å². The van der Waals surface area contributed by atoms with Gasteiger partial charge in [0.2, 0.25) is 11.9 Å². The van der Waals surface area contributed by atoms with Crippen LogP contribution in [0.15, 0.2) is 0 Å². The molecule has 0 aliphatic carbocycles. The number of hydrogen-bond donors (Lipinski definition) is 1. The third kappa shape index (κ3) is 3.24. The van der Waals surface area contributed by atoms with Crippen molar-refractivity contribution in [3.05, 3.63) is 0 Å². The summed E-state index contributed by atoms with van der Waals surface area (Å²) < 4.78 is 5.15. The monoisotopic (exact) mass is 265 g/mol. The Kier molecular flexibility index (Phi) is 4.76.